The van der Waals surface area contributed by atoms with Crippen LogP contribution in [0, 0.1) is 5.41 Å². The monoisotopic (exact) mass is 130 g/mol. The van der Waals surface area contributed by atoms with Gasteiger partial charge >= 0.3 is 0 Å². The Hall–Kier alpha value is -0.0800. The van der Waals surface area contributed by atoms with Crippen molar-refractivity contribution in [3.63, 3.8) is 0 Å². The molecule has 1 radical (unpaired) electrons. The molecule has 55 valence electrons. The fraction of sp³-hybridized carbons (Fsp3) is 1.00. The van der Waals surface area contributed by atoms with Crippen LogP contribution in [-0.2, 0) is 5.11 Å². The molecule has 0 amide bonds. The van der Waals surface area contributed by atoms with Crippen LogP contribution in [-0.4, -0.2) is 12.8 Å². The summed E-state index contributed by atoms with van der Waals surface area (Å²) < 4.78 is 0. The molecule has 1 N–H and O–H groups in total. The summed E-state index contributed by atoms with van der Waals surface area (Å²) in [6, 6.07) is 0. The van der Waals surface area contributed by atoms with Crippen LogP contribution < -0.4 is 5.32 Å². The lowest BCUT2D eigenvalue weighted by molar-refractivity contribution is 0.0666. The summed E-state index contributed by atoms with van der Waals surface area (Å²) in [4.78, 5) is 0. The SMILES string of the molecule is CC([O])NCC(C)(C)C. The summed E-state index contributed by atoms with van der Waals surface area (Å²) in [5.41, 5.74) is 0.221. The maximum Gasteiger partial charge on any atom is 0.141 e. The largest absolute Gasteiger partial charge is 0.289 e. The Labute approximate surface area is 57.3 Å². The smallest absolute Gasteiger partial charge is 0.141 e. The van der Waals surface area contributed by atoms with E-state index in [9.17, 15) is 5.11 Å². The van der Waals surface area contributed by atoms with E-state index < -0.39 is 6.23 Å². The first-order valence-electron chi connectivity index (χ1n) is 3.31. The van der Waals surface area contributed by atoms with Crippen LogP contribution in [0.5, 0.6) is 0 Å². The van der Waals surface area contributed by atoms with E-state index in [1.165, 1.54) is 0 Å². The Balaban J connectivity index is 3.28. The number of hydrogen-bond donors (Lipinski definition) is 1. The predicted molar refractivity (Wildman–Crippen MR) is 37.6 cm³/mol. The van der Waals surface area contributed by atoms with Gasteiger partial charge in [0.25, 0.3) is 0 Å². The van der Waals surface area contributed by atoms with E-state index in [0.717, 1.165) is 6.54 Å². The van der Waals surface area contributed by atoms with Crippen molar-refractivity contribution in [2.45, 2.75) is 33.9 Å². The van der Waals surface area contributed by atoms with Crippen LogP contribution in [0.25, 0.3) is 0 Å². The number of nitrogens with one attached hydrogen (secondary N) is 1. The molecule has 2 nitrogen and oxygen atoms in total. The van der Waals surface area contributed by atoms with Gasteiger partial charge in [0, 0.05) is 6.54 Å². The van der Waals surface area contributed by atoms with E-state index in [0.29, 0.717) is 0 Å². The molecule has 0 saturated carbocycles. The van der Waals surface area contributed by atoms with Crippen molar-refractivity contribution < 1.29 is 5.11 Å². The van der Waals surface area contributed by atoms with Crippen molar-refractivity contribution in [3.8, 4) is 0 Å². The van der Waals surface area contributed by atoms with E-state index in [1.807, 2.05) is 0 Å². The van der Waals surface area contributed by atoms with Gasteiger partial charge in [0.05, 0.1) is 0 Å². The molecule has 0 aliphatic heterocycles. The van der Waals surface area contributed by atoms with Crippen LogP contribution >= 0.6 is 0 Å². The Bertz CT molecular complexity index is 73.5. The topological polar surface area (TPSA) is 31.9 Å². The zero-order valence-electron chi connectivity index (χ0n) is 6.69. The van der Waals surface area contributed by atoms with Crippen LogP contribution in [0.3, 0.4) is 0 Å². The van der Waals surface area contributed by atoms with Gasteiger partial charge in [-0.05, 0) is 12.3 Å². The van der Waals surface area contributed by atoms with E-state index in [4.69, 9.17) is 0 Å². The molecule has 1 unspecified atom stereocenters. The molecule has 0 heterocycles. The lowest BCUT2D eigenvalue weighted by Crippen LogP contribution is -2.32. The lowest BCUT2D eigenvalue weighted by atomic mass is 9.97. The van der Waals surface area contributed by atoms with Crippen LogP contribution in [0.4, 0.5) is 0 Å². The highest BCUT2D eigenvalue weighted by atomic mass is 16.3. The maximum atomic E-state index is 10.5. The Morgan fingerprint density at radius 1 is 1.44 bits per heavy atom. The molecule has 0 aliphatic carbocycles. The first-order valence-corrected chi connectivity index (χ1v) is 3.31. The Morgan fingerprint density at radius 3 is 2.00 bits per heavy atom. The molecule has 0 aromatic carbocycles. The quantitative estimate of drug-likeness (QED) is 0.563. The molecule has 2 heteroatoms. The van der Waals surface area contributed by atoms with Crippen LogP contribution in [0.2, 0.25) is 0 Å². The maximum absolute atomic E-state index is 10.5. The van der Waals surface area contributed by atoms with E-state index >= 15 is 0 Å². The summed E-state index contributed by atoms with van der Waals surface area (Å²) in [6.07, 6.45) is -0.635. The Morgan fingerprint density at radius 2 is 1.89 bits per heavy atom. The van der Waals surface area contributed by atoms with Crippen molar-refractivity contribution in [2.24, 2.45) is 5.41 Å². The summed E-state index contributed by atoms with van der Waals surface area (Å²) in [5.74, 6) is 0. The first-order chi connectivity index (χ1) is 3.92. The predicted octanol–water partition coefficient (Wildman–Crippen LogP) is 1.40. The van der Waals surface area contributed by atoms with Gasteiger partial charge in [0.1, 0.15) is 6.23 Å². The van der Waals surface area contributed by atoms with E-state index in [2.05, 4.69) is 26.1 Å². The molecule has 0 saturated heterocycles. The van der Waals surface area contributed by atoms with Gasteiger partial charge in [-0.3, -0.25) is 5.32 Å². The zero-order chi connectivity index (χ0) is 7.49. The number of rotatable bonds is 2. The molecule has 0 bridgehead atoms. The van der Waals surface area contributed by atoms with Crippen molar-refractivity contribution >= 4 is 0 Å². The van der Waals surface area contributed by atoms with Gasteiger partial charge < -0.3 is 0 Å². The standard InChI is InChI=1S/C7H16NO/c1-6(9)8-5-7(2,3)4/h6,8H,5H2,1-4H3. The van der Waals surface area contributed by atoms with Gasteiger partial charge in [-0.2, -0.15) is 0 Å². The minimum Gasteiger partial charge on any atom is -0.289 e. The van der Waals surface area contributed by atoms with Gasteiger partial charge in [-0.15, -0.1) is 0 Å². The van der Waals surface area contributed by atoms with Crippen molar-refractivity contribution in [3.05, 3.63) is 0 Å². The molecule has 0 rings (SSSR count). The molecule has 0 spiro atoms. The molecule has 1 atom stereocenters. The minimum absolute atomic E-state index is 0.221. The summed E-state index contributed by atoms with van der Waals surface area (Å²) in [7, 11) is 0. The summed E-state index contributed by atoms with van der Waals surface area (Å²) in [6.45, 7) is 8.70. The van der Waals surface area contributed by atoms with E-state index in [1.54, 1.807) is 6.92 Å². The summed E-state index contributed by atoms with van der Waals surface area (Å²) >= 11 is 0. The molecule has 0 aliphatic rings. The third-order valence-corrected chi connectivity index (χ3v) is 0.920. The second-order valence-corrected chi connectivity index (χ2v) is 3.58. The third kappa shape index (κ3) is 7.92. The highest BCUT2D eigenvalue weighted by Gasteiger charge is 2.10. The highest BCUT2D eigenvalue weighted by Crippen LogP contribution is 2.10. The lowest BCUT2D eigenvalue weighted by Gasteiger charge is -2.19. The fourth-order valence-electron chi connectivity index (χ4n) is 0.450. The second kappa shape index (κ2) is 3.18. The van der Waals surface area contributed by atoms with Gasteiger partial charge in [0.2, 0.25) is 0 Å². The molecular formula is C7H16NO. The van der Waals surface area contributed by atoms with Crippen LogP contribution in [0.1, 0.15) is 27.7 Å². The minimum atomic E-state index is -0.635. The van der Waals surface area contributed by atoms with E-state index in [-0.39, 0.29) is 5.41 Å². The number of hydrogen-bond acceptors (Lipinski definition) is 1. The molecule has 0 aromatic rings. The first kappa shape index (κ1) is 8.92. The second-order valence-electron chi connectivity index (χ2n) is 3.58. The summed E-state index contributed by atoms with van der Waals surface area (Å²) in [5, 5.41) is 13.3. The van der Waals surface area contributed by atoms with Crippen molar-refractivity contribution in [2.75, 3.05) is 6.54 Å². The van der Waals surface area contributed by atoms with Crippen molar-refractivity contribution in [1.29, 1.82) is 0 Å². The average Bonchev–Trinajstić information content (AvgIpc) is 1.59. The zero-order valence-corrected chi connectivity index (χ0v) is 6.69. The Kier molecular flexibility index (Phi) is 3.15. The molecule has 9 heavy (non-hydrogen) atoms. The average molecular weight is 130 g/mol. The highest BCUT2D eigenvalue weighted by molar-refractivity contribution is 4.64. The third-order valence-electron chi connectivity index (χ3n) is 0.920. The van der Waals surface area contributed by atoms with Crippen LogP contribution in [0.15, 0.2) is 0 Å². The van der Waals surface area contributed by atoms with Gasteiger partial charge in [-0.1, -0.05) is 20.8 Å². The van der Waals surface area contributed by atoms with Crippen molar-refractivity contribution in [1.82, 2.24) is 5.32 Å². The van der Waals surface area contributed by atoms with Gasteiger partial charge in [0.15, 0.2) is 0 Å². The molecular weight excluding hydrogens is 114 g/mol. The molecule has 0 fully saturated rings. The molecule has 0 aromatic heterocycles. The normalized spacial score (nSPS) is 15.7. The van der Waals surface area contributed by atoms with Gasteiger partial charge in [-0.25, -0.2) is 5.11 Å². The fourth-order valence-corrected chi connectivity index (χ4v) is 0.450.